The van der Waals surface area contributed by atoms with Crippen molar-refractivity contribution in [3.05, 3.63) is 59.6 Å². The number of hydrogen-bond acceptors (Lipinski definition) is 6. The molecule has 1 fully saturated rings. The van der Waals surface area contributed by atoms with Crippen LogP contribution >= 0.6 is 0 Å². The maximum absolute atomic E-state index is 12.9. The van der Waals surface area contributed by atoms with E-state index in [0.717, 1.165) is 25.2 Å². The van der Waals surface area contributed by atoms with E-state index in [1.807, 2.05) is 19.1 Å². The van der Waals surface area contributed by atoms with Gasteiger partial charge < -0.3 is 24.3 Å². The Bertz CT molecular complexity index is 1100. The molecule has 156 valence electrons. The Labute approximate surface area is 174 Å². The molecule has 0 spiro atoms. The Morgan fingerprint density at radius 1 is 1.23 bits per heavy atom. The molecule has 1 saturated heterocycles. The summed E-state index contributed by atoms with van der Waals surface area (Å²) in [6.07, 6.45) is 1.98. The van der Waals surface area contributed by atoms with Crippen LogP contribution < -0.4 is 15.6 Å². The molecule has 0 bridgehead atoms. The topological polar surface area (TPSA) is 93.3 Å². The van der Waals surface area contributed by atoms with Gasteiger partial charge in [0, 0.05) is 24.6 Å². The number of aromatic hydroxyl groups is 1. The van der Waals surface area contributed by atoms with Gasteiger partial charge in [0.15, 0.2) is 0 Å². The van der Waals surface area contributed by atoms with Crippen molar-refractivity contribution in [1.82, 2.24) is 5.32 Å². The van der Waals surface area contributed by atoms with Crippen LogP contribution in [0.2, 0.25) is 0 Å². The fourth-order valence-electron chi connectivity index (χ4n) is 3.36. The van der Waals surface area contributed by atoms with Crippen LogP contribution in [0.5, 0.6) is 11.5 Å². The van der Waals surface area contributed by atoms with E-state index in [4.69, 9.17) is 13.9 Å². The van der Waals surface area contributed by atoms with Crippen molar-refractivity contribution in [1.29, 1.82) is 0 Å². The van der Waals surface area contributed by atoms with Crippen LogP contribution in [-0.2, 0) is 4.74 Å². The normalized spacial score (nSPS) is 16.7. The third-order valence-corrected chi connectivity index (χ3v) is 4.87. The lowest BCUT2D eigenvalue weighted by molar-refractivity contribution is 0.0854. The monoisotopic (exact) mass is 408 g/mol. The Balaban J connectivity index is 1.71. The zero-order valence-corrected chi connectivity index (χ0v) is 16.8. The molecule has 0 saturated carbocycles. The molecule has 30 heavy (non-hydrogen) atoms. The molecular formula is C23H24N2O5. The SMILES string of the molecule is CCOc1ccc(N=c2oc3cc(O)ccc3cc2C(=O)NC[C@@H]2CCCO2)cc1. The van der Waals surface area contributed by atoms with Gasteiger partial charge in [0.25, 0.3) is 5.91 Å². The number of phenolic OH excluding ortho intramolecular Hbond substituents is 1. The second-order valence-electron chi connectivity index (χ2n) is 7.07. The van der Waals surface area contributed by atoms with E-state index in [0.29, 0.717) is 35.4 Å². The fraction of sp³-hybridized carbons (Fsp3) is 0.304. The van der Waals surface area contributed by atoms with Gasteiger partial charge in [-0.15, -0.1) is 0 Å². The molecule has 2 aromatic carbocycles. The van der Waals surface area contributed by atoms with Crippen molar-refractivity contribution in [3.8, 4) is 11.5 Å². The summed E-state index contributed by atoms with van der Waals surface area (Å²) in [5.74, 6) is 0.536. The summed E-state index contributed by atoms with van der Waals surface area (Å²) in [4.78, 5) is 17.4. The van der Waals surface area contributed by atoms with Crippen LogP contribution in [0.15, 0.2) is 57.9 Å². The van der Waals surface area contributed by atoms with Gasteiger partial charge in [-0.05, 0) is 62.2 Å². The first-order valence-corrected chi connectivity index (χ1v) is 10.1. The quantitative estimate of drug-likeness (QED) is 0.649. The number of fused-ring (bicyclic) bond motifs is 1. The number of nitrogens with one attached hydrogen (secondary N) is 1. The second kappa shape index (κ2) is 9.00. The van der Waals surface area contributed by atoms with E-state index < -0.39 is 0 Å². The summed E-state index contributed by atoms with van der Waals surface area (Å²) in [7, 11) is 0. The van der Waals surface area contributed by atoms with Gasteiger partial charge in [-0.3, -0.25) is 4.79 Å². The van der Waals surface area contributed by atoms with Crippen LogP contribution in [0.25, 0.3) is 11.0 Å². The number of benzene rings is 2. The highest BCUT2D eigenvalue weighted by atomic mass is 16.5. The van der Waals surface area contributed by atoms with E-state index in [9.17, 15) is 9.90 Å². The molecule has 3 aromatic rings. The van der Waals surface area contributed by atoms with E-state index >= 15 is 0 Å². The van der Waals surface area contributed by atoms with Crippen molar-refractivity contribution < 1.29 is 23.8 Å². The Hall–Kier alpha value is -3.32. The van der Waals surface area contributed by atoms with Gasteiger partial charge in [-0.1, -0.05) is 0 Å². The number of hydrogen-bond donors (Lipinski definition) is 2. The lowest BCUT2D eigenvalue weighted by atomic mass is 10.1. The van der Waals surface area contributed by atoms with Crippen molar-refractivity contribution in [2.75, 3.05) is 19.8 Å². The Kier molecular flexibility index (Phi) is 5.99. The third-order valence-electron chi connectivity index (χ3n) is 4.87. The standard InChI is InChI=1S/C23H24N2O5/c1-2-28-18-9-6-16(7-10-18)25-23-20(22(27)24-14-19-4-3-11-29-19)12-15-5-8-17(26)13-21(15)30-23/h5-10,12-13,19,26H,2-4,11,14H2,1H3,(H,24,27)/t19-/m0/s1. The summed E-state index contributed by atoms with van der Waals surface area (Å²) in [5.41, 5.74) is 1.55. The number of amides is 1. The number of carbonyl (C=O) groups is 1. The molecule has 1 aliphatic rings. The molecule has 2 heterocycles. The molecule has 0 radical (unpaired) electrons. The summed E-state index contributed by atoms with van der Waals surface area (Å²) in [5, 5.41) is 13.4. The summed E-state index contributed by atoms with van der Waals surface area (Å²) >= 11 is 0. The van der Waals surface area contributed by atoms with Crippen molar-refractivity contribution in [2.45, 2.75) is 25.9 Å². The van der Waals surface area contributed by atoms with Crippen LogP contribution in [-0.4, -0.2) is 36.9 Å². The maximum atomic E-state index is 12.9. The fourth-order valence-corrected chi connectivity index (χ4v) is 3.36. The van der Waals surface area contributed by atoms with Gasteiger partial charge >= 0.3 is 0 Å². The third kappa shape index (κ3) is 4.63. The predicted molar refractivity (Wildman–Crippen MR) is 112 cm³/mol. The Morgan fingerprint density at radius 2 is 2.07 bits per heavy atom. The summed E-state index contributed by atoms with van der Waals surface area (Å²) < 4.78 is 16.9. The van der Waals surface area contributed by atoms with E-state index in [2.05, 4.69) is 10.3 Å². The molecule has 0 unspecified atom stereocenters. The Morgan fingerprint density at radius 3 is 2.80 bits per heavy atom. The largest absolute Gasteiger partial charge is 0.508 e. The van der Waals surface area contributed by atoms with Gasteiger partial charge in [0.2, 0.25) is 5.55 Å². The highest BCUT2D eigenvalue weighted by Gasteiger charge is 2.18. The molecule has 2 N–H and O–H groups in total. The molecule has 1 aromatic heterocycles. The van der Waals surface area contributed by atoms with Crippen molar-refractivity contribution in [3.63, 3.8) is 0 Å². The maximum Gasteiger partial charge on any atom is 0.256 e. The first kappa shape index (κ1) is 20.0. The molecule has 1 aliphatic heterocycles. The lowest BCUT2D eigenvalue weighted by Gasteiger charge is -2.11. The van der Waals surface area contributed by atoms with E-state index in [1.165, 1.54) is 6.07 Å². The molecule has 1 atom stereocenters. The first-order chi connectivity index (χ1) is 14.6. The van der Waals surface area contributed by atoms with Crippen LogP contribution in [0.3, 0.4) is 0 Å². The van der Waals surface area contributed by atoms with Gasteiger partial charge in [-0.25, -0.2) is 4.99 Å². The number of phenols is 1. The minimum absolute atomic E-state index is 0.0368. The lowest BCUT2D eigenvalue weighted by Crippen LogP contribution is -2.34. The average molecular weight is 408 g/mol. The van der Waals surface area contributed by atoms with Crippen LogP contribution in [0.4, 0.5) is 5.69 Å². The van der Waals surface area contributed by atoms with Gasteiger partial charge in [0.05, 0.1) is 18.4 Å². The predicted octanol–water partition coefficient (Wildman–Crippen LogP) is 3.68. The average Bonchev–Trinajstić information content (AvgIpc) is 3.27. The van der Waals surface area contributed by atoms with Crippen molar-refractivity contribution >= 4 is 22.6 Å². The first-order valence-electron chi connectivity index (χ1n) is 10.1. The minimum atomic E-state index is -0.283. The number of nitrogens with zero attached hydrogens (tertiary/aromatic N) is 1. The van der Waals surface area contributed by atoms with Crippen molar-refractivity contribution in [2.24, 2.45) is 4.99 Å². The van der Waals surface area contributed by atoms with Crippen LogP contribution in [0.1, 0.15) is 30.1 Å². The highest BCUT2D eigenvalue weighted by Crippen LogP contribution is 2.21. The molecule has 7 nitrogen and oxygen atoms in total. The number of rotatable bonds is 6. The molecule has 4 rings (SSSR count). The molecule has 0 aliphatic carbocycles. The van der Waals surface area contributed by atoms with Gasteiger partial charge in [0.1, 0.15) is 22.6 Å². The molecule has 1 amide bonds. The minimum Gasteiger partial charge on any atom is -0.508 e. The summed E-state index contributed by atoms with van der Waals surface area (Å²) in [6.45, 7) is 3.67. The second-order valence-corrected chi connectivity index (χ2v) is 7.07. The number of ether oxygens (including phenoxy) is 2. The highest BCUT2D eigenvalue weighted by molar-refractivity contribution is 5.96. The summed E-state index contributed by atoms with van der Waals surface area (Å²) in [6, 6.07) is 13.7. The zero-order chi connectivity index (χ0) is 20.9. The molecule has 7 heteroatoms. The van der Waals surface area contributed by atoms with E-state index in [1.54, 1.807) is 30.3 Å². The smallest absolute Gasteiger partial charge is 0.256 e. The van der Waals surface area contributed by atoms with Gasteiger partial charge in [-0.2, -0.15) is 0 Å². The van der Waals surface area contributed by atoms with Crippen LogP contribution in [0, 0.1) is 0 Å². The van der Waals surface area contributed by atoms with E-state index in [-0.39, 0.29) is 23.3 Å². The molecular weight excluding hydrogens is 384 g/mol. The number of carbonyl (C=O) groups excluding carboxylic acids is 1. The zero-order valence-electron chi connectivity index (χ0n) is 16.8.